The summed E-state index contributed by atoms with van der Waals surface area (Å²) in [5.74, 6) is 0.826. The SMILES string of the molecule is CNCC1CCCN1C(=O)COc1ccccc1. The molecule has 1 atom stereocenters. The van der Waals surface area contributed by atoms with E-state index >= 15 is 0 Å². The van der Waals surface area contributed by atoms with Gasteiger partial charge in [0, 0.05) is 19.1 Å². The first-order valence-electron chi connectivity index (χ1n) is 6.43. The van der Waals surface area contributed by atoms with E-state index < -0.39 is 0 Å². The van der Waals surface area contributed by atoms with Crippen molar-refractivity contribution in [1.82, 2.24) is 10.2 Å². The van der Waals surface area contributed by atoms with Crippen molar-refractivity contribution in [2.75, 3.05) is 26.7 Å². The van der Waals surface area contributed by atoms with Crippen molar-refractivity contribution in [2.24, 2.45) is 0 Å². The standard InChI is InChI=1S/C14H20N2O2/c1-15-10-12-6-5-9-16(12)14(17)11-18-13-7-3-2-4-8-13/h2-4,7-8,12,15H,5-6,9-11H2,1H3. The number of hydrogen-bond acceptors (Lipinski definition) is 3. The molecule has 1 fully saturated rings. The van der Waals surface area contributed by atoms with Crippen LogP contribution in [0.3, 0.4) is 0 Å². The molecule has 0 spiro atoms. The van der Waals surface area contributed by atoms with E-state index in [1.54, 1.807) is 0 Å². The van der Waals surface area contributed by atoms with Crippen molar-refractivity contribution in [3.05, 3.63) is 30.3 Å². The predicted octanol–water partition coefficient (Wildman–Crippen LogP) is 1.28. The zero-order valence-electron chi connectivity index (χ0n) is 10.8. The second kappa shape index (κ2) is 6.40. The van der Waals surface area contributed by atoms with Crippen LogP contribution in [0, 0.1) is 0 Å². The van der Waals surface area contributed by atoms with Gasteiger partial charge in [-0.3, -0.25) is 4.79 Å². The third kappa shape index (κ3) is 3.23. The fraction of sp³-hybridized carbons (Fsp3) is 0.500. The van der Waals surface area contributed by atoms with E-state index in [1.165, 1.54) is 0 Å². The molecule has 0 bridgehead atoms. The molecule has 1 saturated heterocycles. The minimum Gasteiger partial charge on any atom is -0.484 e. The van der Waals surface area contributed by atoms with Gasteiger partial charge < -0.3 is 15.0 Å². The summed E-state index contributed by atoms with van der Waals surface area (Å²) >= 11 is 0. The summed E-state index contributed by atoms with van der Waals surface area (Å²) in [6.45, 7) is 1.84. The van der Waals surface area contributed by atoms with E-state index in [-0.39, 0.29) is 12.5 Å². The van der Waals surface area contributed by atoms with Crippen molar-refractivity contribution in [3.63, 3.8) is 0 Å². The number of hydrogen-bond donors (Lipinski definition) is 1. The minimum atomic E-state index is 0.0802. The van der Waals surface area contributed by atoms with Crippen LogP contribution in [0.4, 0.5) is 0 Å². The summed E-state index contributed by atoms with van der Waals surface area (Å²) in [4.78, 5) is 14.0. The van der Waals surface area contributed by atoms with Gasteiger partial charge in [-0.1, -0.05) is 18.2 Å². The first-order valence-corrected chi connectivity index (χ1v) is 6.43. The highest BCUT2D eigenvalue weighted by Crippen LogP contribution is 2.17. The van der Waals surface area contributed by atoms with Gasteiger partial charge in [0.05, 0.1) is 0 Å². The van der Waals surface area contributed by atoms with Crippen LogP contribution in [-0.2, 0) is 4.79 Å². The molecule has 1 amide bonds. The lowest BCUT2D eigenvalue weighted by Gasteiger charge is -2.24. The predicted molar refractivity (Wildman–Crippen MR) is 70.6 cm³/mol. The molecule has 1 aliphatic heterocycles. The summed E-state index contributed by atoms with van der Waals surface area (Å²) < 4.78 is 5.50. The lowest BCUT2D eigenvalue weighted by atomic mass is 10.2. The molecule has 2 rings (SSSR count). The Bertz CT molecular complexity index is 381. The summed E-state index contributed by atoms with van der Waals surface area (Å²) in [6, 6.07) is 9.78. The molecule has 0 saturated carbocycles. The smallest absolute Gasteiger partial charge is 0.260 e. The van der Waals surface area contributed by atoms with Crippen molar-refractivity contribution in [3.8, 4) is 5.75 Å². The maximum atomic E-state index is 12.1. The van der Waals surface area contributed by atoms with Crippen molar-refractivity contribution < 1.29 is 9.53 Å². The summed E-state index contributed by atoms with van der Waals surface area (Å²) in [5, 5.41) is 3.13. The number of ether oxygens (including phenoxy) is 1. The fourth-order valence-corrected chi connectivity index (χ4v) is 2.36. The largest absolute Gasteiger partial charge is 0.484 e. The van der Waals surface area contributed by atoms with Crippen molar-refractivity contribution in [1.29, 1.82) is 0 Å². The van der Waals surface area contributed by atoms with E-state index in [2.05, 4.69) is 5.32 Å². The van der Waals surface area contributed by atoms with Gasteiger partial charge in [0.1, 0.15) is 5.75 Å². The molecule has 4 nitrogen and oxygen atoms in total. The highest BCUT2D eigenvalue weighted by atomic mass is 16.5. The van der Waals surface area contributed by atoms with Gasteiger partial charge >= 0.3 is 0 Å². The first-order chi connectivity index (χ1) is 8.81. The molecule has 1 unspecified atom stereocenters. The van der Waals surface area contributed by atoms with Crippen LogP contribution >= 0.6 is 0 Å². The molecule has 0 aliphatic carbocycles. The zero-order valence-corrected chi connectivity index (χ0v) is 10.8. The Morgan fingerprint density at radius 2 is 2.22 bits per heavy atom. The number of nitrogens with one attached hydrogen (secondary N) is 1. The Morgan fingerprint density at radius 1 is 1.44 bits per heavy atom. The van der Waals surface area contributed by atoms with Gasteiger partial charge in [0.2, 0.25) is 0 Å². The summed E-state index contributed by atoms with van der Waals surface area (Å²) in [6.07, 6.45) is 2.17. The Morgan fingerprint density at radius 3 is 2.94 bits per heavy atom. The topological polar surface area (TPSA) is 41.6 Å². The average molecular weight is 248 g/mol. The van der Waals surface area contributed by atoms with Gasteiger partial charge in [0.15, 0.2) is 6.61 Å². The van der Waals surface area contributed by atoms with Crippen LogP contribution in [-0.4, -0.2) is 43.6 Å². The summed E-state index contributed by atoms with van der Waals surface area (Å²) in [5.41, 5.74) is 0. The Labute approximate surface area is 108 Å². The van der Waals surface area contributed by atoms with E-state index in [9.17, 15) is 4.79 Å². The Balaban J connectivity index is 1.84. The zero-order chi connectivity index (χ0) is 12.8. The molecule has 1 heterocycles. The van der Waals surface area contributed by atoms with Crippen LogP contribution in [0.25, 0.3) is 0 Å². The lowest BCUT2D eigenvalue weighted by Crippen LogP contribution is -2.43. The van der Waals surface area contributed by atoms with Gasteiger partial charge in [-0.05, 0) is 32.0 Å². The maximum Gasteiger partial charge on any atom is 0.260 e. The summed E-state index contributed by atoms with van der Waals surface area (Å²) in [7, 11) is 1.92. The van der Waals surface area contributed by atoms with Gasteiger partial charge in [-0.2, -0.15) is 0 Å². The average Bonchev–Trinajstić information content (AvgIpc) is 2.86. The number of benzene rings is 1. The third-order valence-electron chi connectivity index (χ3n) is 3.24. The number of carbonyl (C=O) groups excluding carboxylic acids is 1. The molecule has 1 aromatic carbocycles. The second-order valence-electron chi connectivity index (χ2n) is 4.54. The first kappa shape index (κ1) is 12.9. The number of likely N-dealkylation sites (tertiary alicyclic amines) is 1. The highest BCUT2D eigenvalue weighted by Gasteiger charge is 2.28. The molecule has 1 aromatic rings. The van der Waals surface area contributed by atoms with Crippen molar-refractivity contribution >= 4 is 5.91 Å². The van der Waals surface area contributed by atoms with Crippen LogP contribution in [0.1, 0.15) is 12.8 Å². The van der Waals surface area contributed by atoms with E-state index in [1.807, 2.05) is 42.3 Å². The van der Waals surface area contributed by atoms with Crippen LogP contribution < -0.4 is 10.1 Å². The molecule has 1 aliphatic rings. The molecule has 4 heteroatoms. The Hall–Kier alpha value is -1.55. The van der Waals surface area contributed by atoms with E-state index in [0.717, 1.165) is 31.7 Å². The quantitative estimate of drug-likeness (QED) is 0.853. The number of rotatable bonds is 5. The number of amides is 1. The number of likely N-dealkylation sites (N-methyl/N-ethyl adjacent to an activating group) is 1. The van der Waals surface area contributed by atoms with Crippen molar-refractivity contribution in [2.45, 2.75) is 18.9 Å². The molecule has 18 heavy (non-hydrogen) atoms. The highest BCUT2D eigenvalue weighted by molar-refractivity contribution is 5.78. The van der Waals surface area contributed by atoms with E-state index in [0.29, 0.717) is 6.04 Å². The van der Waals surface area contributed by atoms with Gasteiger partial charge in [0.25, 0.3) is 5.91 Å². The fourth-order valence-electron chi connectivity index (χ4n) is 2.36. The van der Waals surface area contributed by atoms with Crippen LogP contribution in [0.5, 0.6) is 5.75 Å². The lowest BCUT2D eigenvalue weighted by molar-refractivity contribution is -0.134. The molecule has 0 radical (unpaired) electrons. The second-order valence-corrected chi connectivity index (χ2v) is 4.54. The van der Waals surface area contributed by atoms with Gasteiger partial charge in [-0.25, -0.2) is 0 Å². The minimum absolute atomic E-state index is 0.0802. The van der Waals surface area contributed by atoms with E-state index in [4.69, 9.17) is 4.74 Å². The molecule has 1 N–H and O–H groups in total. The molecular weight excluding hydrogens is 228 g/mol. The third-order valence-corrected chi connectivity index (χ3v) is 3.24. The molecule has 98 valence electrons. The maximum absolute atomic E-state index is 12.1. The number of para-hydroxylation sites is 1. The van der Waals surface area contributed by atoms with Crippen LogP contribution in [0.2, 0.25) is 0 Å². The van der Waals surface area contributed by atoms with Crippen LogP contribution in [0.15, 0.2) is 30.3 Å². The number of carbonyl (C=O) groups is 1. The molecular formula is C14H20N2O2. The normalized spacial score (nSPS) is 18.9. The number of nitrogens with zero attached hydrogens (tertiary/aromatic N) is 1. The molecule has 0 aromatic heterocycles. The Kier molecular flexibility index (Phi) is 4.59. The van der Waals surface area contributed by atoms with Gasteiger partial charge in [-0.15, -0.1) is 0 Å². The monoisotopic (exact) mass is 248 g/mol.